The molecular weight excluding hydrogens is 326 g/mol. The Bertz CT molecular complexity index is 551. The van der Waals surface area contributed by atoms with Gasteiger partial charge in [0.25, 0.3) is 10.2 Å². The molecule has 1 aliphatic carbocycles. The third-order valence-electron chi connectivity index (χ3n) is 5.50. The van der Waals surface area contributed by atoms with Crippen molar-refractivity contribution in [3.63, 3.8) is 0 Å². The van der Waals surface area contributed by atoms with E-state index in [9.17, 15) is 13.2 Å². The molecule has 0 aromatic heterocycles. The first-order valence-corrected chi connectivity index (χ1v) is 10.8. The van der Waals surface area contributed by atoms with E-state index in [1.54, 1.807) is 8.61 Å². The van der Waals surface area contributed by atoms with Crippen LogP contribution in [0.25, 0.3) is 0 Å². The molecule has 2 heterocycles. The van der Waals surface area contributed by atoms with E-state index in [0.717, 1.165) is 25.8 Å². The largest absolute Gasteiger partial charge is 0.356 e. The van der Waals surface area contributed by atoms with Crippen molar-refractivity contribution in [1.29, 1.82) is 0 Å². The van der Waals surface area contributed by atoms with Crippen molar-refractivity contribution in [2.45, 2.75) is 46.0 Å². The molecule has 1 saturated carbocycles. The third kappa shape index (κ3) is 4.29. The van der Waals surface area contributed by atoms with E-state index in [4.69, 9.17) is 0 Å². The Balaban J connectivity index is 1.60. The third-order valence-corrected chi connectivity index (χ3v) is 7.44. The van der Waals surface area contributed by atoms with Gasteiger partial charge in [0, 0.05) is 32.7 Å². The van der Waals surface area contributed by atoms with Crippen LogP contribution in [-0.4, -0.2) is 55.7 Å². The number of carbonyl (C=O) groups excluding carboxylic acids is 1. The summed E-state index contributed by atoms with van der Waals surface area (Å²) in [6.45, 7) is 7.05. The van der Waals surface area contributed by atoms with Crippen LogP contribution in [0.3, 0.4) is 0 Å². The number of hydrogen-bond acceptors (Lipinski definition) is 3. The SMILES string of the molecule is CC1CC(C)CN(S(=O)(=O)N2CCCC(C(=O)NCC3CC3)C2)C1. The van der Waals surface area contributed by atoms with E-state index in [2.05, 4.69) is 19.2 Å². The zero-order valence-electron chi connectivity index (χ0n) is 14.9. The van der Waals surface area contributed by atoms with Gasteiger partial charge in [-0.2, -0.15) is 17.0 Å². The number of rotatable bonds is 5. The molecule has 138 valence electrons. The minimum atomic E-state index is -3.45. The molecule has 6 nitrogen and oxygen atoms in total. The molecule has 3 aliphatic rings. The summed E-state index contributed by atoms with van der Waals surface area (Å²) in [6.07, 6.45) is 5.04. The van der Waals surface area contributed by atoms with E-state index in [0.29, 0.717) is 43.9 Å². The lowest BCUT2D eigenvalue weighted by Crippen LogP contribution is -2.53. The summed E-state index contributed by atoms with van der Waals surface area (Å²) in [5.74, 6) is 1.26. The lowest BCUT2D eigenvalue weighted by atomic mass is 9.94. The molecule has 24 heavy (non-hydrogen) atoms. The summed E-state index contributed by atoms with van der Waals surface area (Å²) in [5, 5.41) is 3.01. The van der Waals surface area contributed by atoms with Crippen LogP contribution in [0, 0.1) is 23.7 Å². The van der Waals surface area contributed by atoms with Crippen LogP contribution < -0.4 is 5.32 Å². The maximum Gasteiger partial charge on any atom is 0.282 e. The van der Waals surface area contributed by atoms with Crippen LogP contribution in [0.4, 0.5) is 0 Å². The molecule has 0 radical (unpaired) electrons. The Morgan fingerprint density at radius 3 is 2.33 bits per heavy atom. The van der Waals surface area contributed by atoms with Crippen LogP contribution in [0.2, 0.25) is 0 Å². The molecule has 3 unspecified atom stereocenters. The Hall–Kier alpha value is -0.660. The van der Waals surface area contributed by atoms with E-state index in [1.165, 1.54) is 12.8 Å². The summed E-state index contributed by atoms with van der Waals surface area (Å²) < 4.78 is 29.2. The van der Waals surface area contributed by atoms with Gasteiger partial charge in [0.05, 0.1) is 5.92 Å². The van der Waals surface area contributed by atoms with Crippen molar-refractivity contribution in [3.05, 3.63) is 0 Å². The number of amides is 1. The lowest BCUT2D eigenvalue weighted by Gasteiger charge is -2.39. The molecule has 0 aromatic carbocycles. The van der Waals surface area contributed by atoms with Crippen molar-refractivity contribution in [1.82, 2.24) is 13.9 Å². The van der Waals surface area contributed by atoms with Crippen LogP contribution in [0.1, 0.15) is 46.0 Å². The second-order valence-electron chi connectivity index (χ2n) is 8.16. The van der Waals surface area contributed by atoms with Gasteiger partial charge in [-0.15, -0.1) is 0 Å². The van der Waals surface area contributed by atoms with Gasteiger partial charge < -0.3 is 5.32 Å². The first-order valence-electron chi connectivity index (χ1n) is 9.39. The zero-order valence-corrected chi connectivity index (χ0v) is 15.7. The second-order valence-corrected chi connectivity index (χ2v) is 10.1. The monoisotopic (exact) mass is 357 g/mol. The quantitative estimate of drug-likeness (QED) is 0.810. The number of hydrogen-bond donors (Lipinski definition) is 1. The Labute approximate surface area is 146 Å². The molecule has 0 bridgehead atoms. The van der Waals surface area contributed by atoms with Crippen molar-refractivity contribution >= 4 is 16.1 Å². The molecule has 7 heteroatoms. The van der Waals surface area contributed by atoms with E-state index < -0.39 is 10.2 Å². The molecule has 2 saturated heterocycles. The summed E-state index contributed by atoms with van der Waals surface area (Å²) in [4.78, 5) is 12.3. The van der Waals surface area contributed by atoms with Gasteiger partial charge in [-0.3, -0.25) is 4.79 Å². The fourth-order valence-corrected chi connectivity index (χ4v) is 5.98. The highest BCUT2D eigenvalue weighted by molar-refractivity contribution is 7.86. The number of carbonyl (C=O) groups is 1. The normalized spacial score (nSPS) is 33.3. The van der Waals surface area contributed by atoms with Crippen molar-refractivity contribution in [3.8, 4) is 0 Å². The summed E-state index contributed by atoms with van der Waals surface area (Å²) in [6, 6.07) is 0. The number of piperidine rings is 2. The van der Waals surface area contributed by atoms with E-state index in [1.807, 2.05) is 0 Å². The molecule has 1 N–H and O–H groups in total. The molecule has 3 rings (SSSR count). The molecule has 3 fully saturated rings. The highest BCUT2D eigenvalue weighted by Crippen LogP contribution is 2.29. The molecule has 1 amide bonds. The maximum absolute atomic E-state index is 13.0. The number of nitrogens with zero attached hydrogens (tertiary/aromatic N) is 2. The summed E-state index contributed by atoms with van der Waals surface area (Å²) >= 11 is 0. The fraction of sp³-hybridized carbons (Fsp3) is 0.941. The predicted molar refractivity (Wildman–Crippen MR) is 93.5 cm³/mol. The van der Waals surface area contributed by atoms with E-state index in [-0.39, 0.29) is 11.8 Å². The minimum absolute atomic E-state index is 0.0298. The molecule has 2 aliphatic heterocycles. The van der Waals surface area contributed by atoms with Crippen molar-refractivity contribution in [2.75, 3.05) is 32.7 Å². The summed E-state index contributed by atoms with van der Waals surface area (Å²) in [7, 11) is -3.45. The zero-order chi connectivity index (χ0) is 17.3. The van der Waals surface area contributed by atoms with Crippen molar-refractivity contribution < 1.29 is 13.2 Å². The molecule has 3 atom stereocenters. The fourth-order valence-electron chi connectivity index (χ4n) is 4.03. The smallest absolute Gasteiger partial charge is 0.282 e. The average Bonchev–Trinajstić information content (AvgIpc) is 3.36. The van der Waals surface area contributed by atoms with Gasteiger partial charge in [-0.05, 0) is 49.9 Å². The Kier molecular flexibility index (Phi) is 5.52. The molecule has 0 aromatic rings. The molecular formula is C17H31N3O3S. The topological polar surface area (TPSA) is 69.7 Å². The average molecular weight is 358 g/mol. The van der Waals surface area contributed by atoms with Gasteiger partial charge in [0.1, 0.15) is 0 Å². The Morgan fingerprint density at radius 1 is 1.04 bits per heavy atom. The van der Waals surface area contributed by atoms with Crippen LogP contribution >= 0.6 is 0 Å². The van der Waals surface area contributed by atoms with Gasteiger partial charge in [0.15, 0.2) is 0 Å². The maximum atomic E-state index is 13.0. The van der Waals surface area contributed by atoms with E-state index >= 15 is 0 Å². The van der Waals surface area contributed by atoms with Gasteiger partial charge in [-0.1, -0.05) is 13.8 Å². The minimum Gasteiger partial charge on any atom is -0.356 e. The van der Waals surface area contributed by atoms with Gasteiger partial charge >= 0.3 is 0 Å². The van der Waals surface area contributed by atoms with Crippen LogP contribution in [0.15, 0.2) is 0 Å². The second kappa shape index (κ2) is 7.30. The summed E-state index contributed by atoms with van der Waals surface area (Å²) in [5.41, 5.74) is 0. The highest BCUT2D eigenvalue weighted by Gasteiger charge is 2.38. The first kappa shape index (κ1) is 18.1. The van der Waals surface area contributed by atoms with Gasteiger partial charge in [-0.25, -0.2) is 0 Å². The Morgan fingerprint density at radius 2 is 1.71 bits per heavy atom. The first-order chi connectivity index (χ1) is 11.4. The van der Waals surface area contributed by atoms with Crippen LogP contribution in [0.5, 0.6) is 0 Å². The standard InChI is InChI=1S/C17H31N3O3S/c1-13-8-14(2)11-20(10-13)24(22,23)19-7-3-4-16(12-19)17(21)18-9-15-5-6-15/h13-16H,3-12H2,1-2H3,(H,18,21). The highest BCUT2D eigenvalue weighted by atomic mass is 32.2. The van der Waals surface area contributed by atoms with Crippen molar-refractivity contribution in [2.24, 2.45) is 23.7 Å². The van der Waals surface area contributed by atoms with Crippen LogP contribution in [-0.2, 0) is 15.0 Å². The predicted octanol–water partition coefficient (Wildman–Crippen LogP) is 1.45. The number of nitrogens with one attached hydrogen (secondary N) is 1. The van der Waals surface area contributed by atoms with Gasteiger partial charge in [0.2, 0.25) is 5.91 Å². The molecule has 0 spiro atoms. The lowest BCUT2D eigenvalue weighted by molar-refractivity contribution is -0.126.